The van der Waals surface area contributed by atoms with Gasteiger partial charge in [0.15, 0.2) is 11.6 Å². The third-order valence-electron chi connectivity index (χ3n) is 6.82. The maximum Gasteiger partial charge on any atom is 0.339 e. The Morgan fingerprint density at radius 2 is 1.69 bits per heavy atom. The van der Waals surface area contributed by atoms with Gasteiger partial charge in [-0.3, -0.25) is 4.79 Å². The summed E-state index contributed by atoms with van der Waals surface area (Å²) in [6.45, 7) is 0.456. The molecule has 0 bridgehead atoms. The van der Waals surface area contributed by atoms with Crippen molar-refractivity contribution in [3.8, 4) is 5.75 Å². The fourth-order valence-electron chi connectivity index (χ4n) is 4.77. The van der Waals surface area contributed by atoms with Gasteiger partial charge in [0.1, 0.15) is 22.8 Å². The number of aromatic nitrogens is 1. The number of thioether (sulfide) groups is 1. The van der Waals surface area contributed by atoms with Crippen molar-refractivity contribution in [2.24, 2.45) is 0 Å². The minimum atomic E-state index is -1.46. The second kappa shape index (κ2) is 12.9. The molecule has 0 radical (unpaired) electrons. The number of carbonyl (C=O) groups excluding carboxylic acids is 1. The fraction of sp³-hybridized carbons (Fsp3) is 0.156. The Balaban J connectivity index is 1.57. The summed E-state index contributed by atoms with van der Waals surface area (Å²) in [6.07, 6.45) is 2.87. The minimum Gasteiger partial charge on any atom is -0.497 e. The van der Waals surface area contributed by atoms with Gasteiger partial charge in [-0.25, -0.2) is 18.6 Å². The summed E-state index contributed by atoms with van der Waals surface area (Å²) in [5.41, 5.74) is 0.148. The van der Waals surface area contributed by atoms with Crippen molar-refractivity contribution >= 4 is 35.0 Å². The zero-order valence-corrected chi connectivity index (χ0v) is 23.4. The van der Waals surface area contributed by atoms with E-state index in [1.807, 2.05) is 6.07 Å². The van der Waals surface area contributed by atoms with E-state index in [1.54, 1.807) is 80.0 Å². The summed E-state index contributed by atoms with van der Waals surface area (Å²) < 4.78 is 37.8. The number of nitrogens with one attached hydrogen (secondary N) is 2. The molecule has 1 aromatic heterocycles. The lowest BCUT2D eigenvalue weighted by molar-refractivity contribution is -0.132. The number of ether oxygens (including phenoxy) is 1. The molecule has 0 saturated carbocycles. The van der Waals surface area contributed by atoms with E-state index in [9.17, 15) is 14.7 Å². The molecule has 0 aliphatic heterocycles. The number of allylic oxidation sites excluding steroid dienone is 1. The molecule has 1 atom stereocenters. The molecular weight excluding hydrogens is 560 g/mol. The fourth-order valence-corrected chi connectivity index (χ4v) is 5.85. The molecule has 3 aromatic carbocycles. The van der Waals surface area contributed by atoms with E-state index in [4.69, 9.17) is 4.74 Å². The highest BCUT2D eigenvalue weighted by atomic mass is 32.2. The summed E-state index contributed by atoms with van der Waals surface area (Å²) in [5.74, 6) is -3.68. The summed E-state index contributed by atoms with van der Waals surface area (Å²) in [5, 5.41) is 15.8. The van der Waals surface area contributed by atoms with Gasteiger partial charge in [0, 0.05) is 42.1 Å². The van der Waals surface area contributed by atoms with Crippen LogP contribution in [0.15, 0.2) is 95.5 Å². The Labute approximate surface area is 245 Å². The maximum atomic E-state index is 16.3. The number of rotatable bonds is 11. The van der Waals surface area contributed by atoms with Gasteiger partial charge in [-0.05, 0) is 35.4 Å². The monoisotopic (exact) mass is 587 g/mol. The van der Waals surface area contributed by atoms with Gasteiger partial charge in [0.25, 0.3) is 0 Å². The third-order valence-corrected chi connectivity index (χ3v) is 7.97. The van der Waals surface area contributed by atoms with E-state index < -0.39 is 34.9 Å². The molecule has 5 rings (SSSR count). The number of benzene rings is 3. The molecular formula is C32H27F2N3O4S. The van der Waals surface area contributed by atoms with Crippen molar-refractivity contribution < 1.29 is 28.2 Å². The molecule has 1 aliphatic rings. The number of carboxylic acids is 1. The van der Waals surface area contributed by atoms with Crippen molar-refractivity contribution in [3.05, 3.63) is 125 Å². The Morgan fingerprint density at radius 3 is 2.36 bits per heavy atom. The standard InChI is InChI=1S/C32H27F2N3O4S/c1-41-21-12-10-19(11-13-21)18-42-31-26-25(22(20-7-3-2-4-8-20)17-23(30(26)38)32(39)40)27(33)29(28(31)34)37-16-15-36-24-9-5-6-14-35-24/h2-14,17,22,37H,15-16,18H2,1H3,(H,35,36)(H,39,40). The predicted molar refractivity (Wildman–Crippen MR) is 158 cm³/mol. The van der Waals surface area contributed by atoms with E-state index in [0.29, 0.717) is 23.7 Å². The SMILES string of the molecule is COc1ccc(CSc2c(F)c(NCCNc3ccccn3)c(F)c3c2C(=O)C(C(=O)O)=CC3c2ccccc2)cc1. The van der Waals surface area contributed by atoms with Crippen LogP contribution < -0.4 is 15.4 Å². The average Bonchev–Trinajstić information content (AvgIpc) is 3.01. The predicted octanol–water partition coefficient (Wildman–Crippen LogP) is 6.52. The first-order valence-corrected chi connectivity index (χ1v) is 14.1. The van der Waals surface area contributed by atoms with Crippen LogP contribution in [0.2, 0.25) is 0 Å². The van der Waals surface area contributed by atoms with E-state index in [2.05, 4.69) is 15.6 Å². The number of carboxylic acid groups (broad SMARTS) is 1. The number of fused-ring (bicyclic) bond motifs is 1. The van der Waals surface area contributed by atoms with Crippen LogP contribution in [-0.2, 0) is 10.5 Å². The lowest BCUT2D eigenvalue weighted by atomic mass is 9.78. The van der Waals surface area contributed by atoms with Crippen LogP contribution in [-0.4, -0.2) is 42.0 Å². The van der Waals surface area contributed by atoms with Gasteiger partial charge < -0.3 is 20.5 Å². The minimum absolute atomic E-state index is 0.0602. The highest BCUT2D eigenvalue weighted by molar-refractivity contribution is 7.98. The summed E-state index contributed by atoms with van der Waals surface area (Å²) in [7, 11) is 1.55. The van der Waals surface area contributed by atoms with E-state index in [0.717, 1.165) is 17.3 Å². The van der Waals surface area contributed by atoms with Gasteiger partial charge in [-0.1, -0.05) is 54.6 Å². The number of hydrogen-bond acceptors (Lipinski definition) is 7. The average molecular weight is 588 g/mol. The first-order chi connectivity index (χ1) is 20.4. The first kappa shape index (κ1) is 28.8. The van der Waals surface area contributed by atoms with Crippen LogP contribution in [0.1, 0.15) is 33.0 Å². The highest BCUT2D eigenvalue weighted by Gasteiger charge is 2.39. The molecule has 0 saturated heterocycles. The van der Waals surface area contributed by atoms with Crippen molar-refractivity contribution in [2.75, 3.05) is 30.8 Å². The molecule has 1 heterocycles. The van der Waals surface area contributed by atoms with Crippen molar-refractivity contribution in [1.29, 1.82) is 0 Å². The van der Waals surface area contributed by atoms with Gasteiger partial charge in [0.2, 0.25) is 5.78 Å². The van der Waals surface area contributed by atoms with Crippen LogP contribution in [0.25, 0.3) is 0 Å². The van der Waals surface area contributed by atoms with Gasteiger partial charge in [0.05, 0.1) is 12.0 Å². The van der Waals surface area contributed by atoms with Crippen LogP contribution in [0.5, 0.6) is 5.75 Å². The van der Waals surface area contributed by atoms with Crippen molar-refractivity contribution in [3.63, 3.8) is 0 Å². The molecule has 42 heavy (non-hydrogen) atoms. The molecule has 0 amide bonds. The largest absolute Gasteiger partial charge is 0.497 e. The quantitative estimate of drug-likeness (QED) is 0.104. The summed E-state index contributed by atoms with van der Waals surface area (Å²) >= 11 is 1.01. The Morgan fingerprint density at radius 1 is 0.976 bits per heavy atom. The first-order valence-electron chi connectivity index (χ1n) is 13.1. The molecule has 4 aromatic rings. The number of methoxy groups -OCH3 is 1. The molecule has 214 valence electrons. The van der Waals surface area contributed by atoms with Gasteiger partial charge in [-0.15, -0.1) is 11.8 Å². The second-order valence-corrected chi connectivity index (χ2v) is 10.4. The lowest BCUT2D eigenvalue weighted by Gasteiger charge is -2.27. The summed E-state index contributed by atoms with van der Waals surface area (Å²) in [6, 6.07) is 21.2. The van der Waals surface area contributed by atoms with Gasteiger partial charge in [-0.2, -0.15) is 0 Å². The number of halogens is 2. The van der Waals surface area contributed by atoms with Crippen LogP contribution >= 0.6 is 11.8 Å². The highest BCUT2D eigenvalue weighted by Crippen LogP contribution is 2.46. The molecule has 0 spiro atoms. The molecule has 0 fully saturated rings. The Kier molecular flexibility index (Phi) is 8.83. The number of ketones is 1. The Hall–Kier alpha value is -4.70. The second-order valence-electron chi connectivity index (χ2n) is 9.43. The number of nitrogens with zero attached hydrogens (tertiary/aromatic N) is 1. The summed E-state index contributed by atoms with van der Waals surface area (Å²) in [4.78, 5) is 29.7. The van der Waals surface area contributed by atoms with E-state index in [-0.39, 0.29) is 34.0 Å². The van der Waals surface area contributed by atoms with E-state index >= 15 is 8.78 Å². The van der Waals surface area contributed by atoms with Crippen LogP contribution in [0, 0.1) is 11.6 Å². The maximum absolute atomic E-state index is 16.3. The number of pyridine rings is 1. The van der Waals surface area contributed by atoms with Gasteiger partial charge >= 0.3 is 5.97 Å². The molecule has 1 unspecified atom stereocenters. The lowest BCUT2D eigenvalue weighted by Crippen LogP contribution is -2.26. The van der Waals surface area contributed by atoms with Crippen LogP contribution in [0.3, 0.4) is 0 Å². The number of carbonyl (C=O) groups is 2. The Bertz CT molecular complexity index is 1630. The van der Waals surface area contributed by atoms with Crippen molar-refractivity contribution in [2.45, 2.75) is 16.6 Å². The third kappa shape index (κ3) is 5.99. The zero-order valence-electron chi connectivity index (χ0n) is 22.6. The molecule has 10 heteroatoms. The van der Waals surface area contributed by atoms with E-state index in [1.165, 1.54) is 6.08 Å². The molecule has 3 N–H and O–H groups in total. The number of aliphatic carboxylic acids is 1. The number of anilines is 2. The number of hydrogen-bond donors (Lipinski definition) is 3. The number of Topliss-reactive ketones (excluding diaryl/α,β-unsaturated/α-hetero) is 1. The normalized spacial score (nSPS) is 14.1. The molecule has 7 nitrogen and oxygen atoms in total. The van der Waals surface area contributed by atoms with Crippen molar-refractivity contribution in [1.82, 2.24) is 4.98 Å². The topological polar surface area (TPSA) is 101 Å². The smallest absolute Gasteiger partial charge is 0.339 e. The molecule has 1 aliphatic carbocycles. The zero-order chi connectivity index (χ0) is 29.6. The van der Waals surface area contributed by atoms with Crippen LogP contribution in [0.4, 0.5) is 20.3 Å².